The molecule has 0 N–H and O–H groups in total. The minimum atomic E-state index is 0.827. The molecule has 0 aliphatic rings. The summed E-state index contributed by atoms with van der Waals surface area (Å²) in [6, 6.07) is 12.1. The average Bonchev–Trinajstić information content (AvgIpc) is 2.38. The molecule has 0 bridgehead atoms. The monoisotopic (exact) mass is 222 g/mol. The van der Waals surface area contributed by atoms with Crippen molar-refractivity contribution >= 4 is 22.8 Å². The Morgan fingerprint density at radius 1 is 1.24 bits per heavy atom. The molecule has 0 spiro atoms. The molecule has 0 radical (unpaired) electrons. The van der Waals surface area contributed by atoms with Crippen LogP contribution in [0.1, 0.15) is 12.6 Å². The van der Waals surface area contributed by atoms with Gasteiger partial charge in [0, 0.05) is 11.6 Å². The van der Waals surface area contributed by atoms with Crippen LogP contribution in [0.5, 0.6) is 0 Å². The first-order valence-corrected chi connectivity index (χ1v) is 5.52. The largest absolute Gasteiger partial charge is 0.259 e. The van der Waals surface area contributed by atoms with Crippen molar-refractivity contribution in [3.63, 3.8) is 0 Å². The van der Waals surface area contributed by atoms with Crippen LogP contribution in [0.15, 0.2) is 60.1 Å². The molecule has 2 heteroatoms. The van der Waals surface area contributed by atoms with E-state index in [0.29, 0.717) is 0 Å². The molecule has 0 aliphatic heterocycles. The van der Waals surface area contributed by atoms with Gasteiger partial charge in [-0.1, -0.05) is 36.9 Å². The van der Waals surface area contributed by atoms with Crippen molar-refractivity contribution in [2.24, 2.45) is 4.99 Å². The smallest absolute Gasteiger partial charge is 0.0893 e. The standard InChI is InChI=1S/C15H14N2/c1-3-7-14(16-4-2)15-11-10-12-8-5-6-9-13(12)17-15/h3-11H,1H2,2H3/b14-7-,16-4?. The van der Waals surface area contributed by atoms with Gasteiger partial charge in [0.05, 0.1) is 16.9 Å². The second kappa shape index (κ2) is 5.21. The van der Waals surface area contributed by atoms with E-state index < -0.39 is 0 Å². The Bertz CT molecular complexity index is 595. The zero-order valence-electron chi connectivity index (χ0n) is 9.80. The van der Waals surface area contributed by atoms with Gasteiger partial charge in [-0.25, -0.2) is 4.98 Å². The van der Waals surface area contributed by atoms with Gasteiger partial charge >= 0.3 is 0 Å². The van der Waals surface area contributed by atoms with Crippen LogP contribution in [0.2, 0.25) is 0 Å². The van der Waals surface area contributed by atoms with Crippen LogP contribution in [-0.4, -0.2) is 11.2 Å². The molecule has 84 valence electrons. The zero-order valence-corrected chi connectivity index (χ0v) is 9.80. The number of pyridine rings is 1. The maximum Gasteiger partial charge on any atom is 0.0893 e. The predicted octanol–water partition coefficient (Wildman–Crippen LogP) is 3.85. The average molecular weight is 222 g/mol. The van der Waals surface area contributed by atoms with Gasteiger partial charge in [0.15, 0.2) is 0 Å². The summed E-state index contributed by atoms with van der Waals surface area (Å²) in [7, 11) is 0. The normalized spacial score (nSPS) is 12.2. The highest BCUT2D eigenvalue weighted by molar-refractivity contribution is 5.81. The number of aliphatic imine (C=N–C) groups is 1. The van der Waals surface area contributed by atoms with Crippen LogP contribution in [0.4, 0.5) is 0 Å². The fraction of sp³-hybridized carbons (Fsp3) is 0.0667. The molecule has 2 nitrogen and oxygen atoms in total. The van der Waals surface area contributed by atoms with Gasteiger partial charge in [0.25, 0.3) is 0 Å². The molecule has 2 aromatic rings. The van der Waals surface area contributed by atoms with Crippen molar-refractivity contribution in [1.29, 1.82) is 0 Å². The summed E-state index contributed by atoms with van der Waals surface area (Å²) in [6.07, 6.45) is 5.34. The van der Waals surface area contributed by atoms with E-state index in [1.807, 2.05) is 43.3 Å². The van der Waals surface area contributed by atoms with Gasteiger partial charge in [-0.3, -0.25) is 4.99 Å². The molecule has 1 heterocycles. The minimum absolute atomic E-state index is 0.827. The maximum absolute atomic E-state index is 4.58. The van der Waals surface area contributed by atoms with E-state index in [1.54, 1.807) is 12.3 Å². The third-order valence-corrected chi connectivity index (χ3v) is 2.40. The van der Waals surface area contributed by atoms with E-state index in [2.05, 4.69) is 22.6 Å². The zero-order chi connectivity index (χ0) is 12.1. The highest BCUT2D eigenvalue weighted by Crippen LogP contribution is 2.18. The second-order valence-electron chi connectivity index (χ2n) is 3.56. The number of benzene rings is 1. The number of hydrogen-bond donors (Lipinski definition) is 0. The van der Waals surface area contributed by atoms with Crippen molar-refractivity contribution in [1.82, 2.24) is 4.98 Å². The van der Waals surface area contributed by atoms with Crippen molar-refractivity contribution in [3.05, 3.63) is 60.8 Å². The molecule has 0 fully saturated rings. The molecular formula is C15H14N2. The van der Waals surface area contributed by atoms with Crippen molar-refractivity contribution < 1.29 is 0 Å². The second-order valence-corrected chi connectivity index (χ2v) is 3.56. The van der Waals surface area contributed by atoms with E-state index in [1.165, 1.54) is 0 Å². The number of rotatable bonds is 3. The first kappa shape index (κ1) is 11.3. The molecule has 1 aromatic carbocycles. The van der Waals surface area contributed by atoms with Crippen molar-refractivity contribution in [2.45, 2.75) is 6.92 Å². The fourth-order valence-corrected chi connectivity index (χ4v) is 1.65. The Morgan fingerprint density at radius 2 is 2.06 bits per heavy atom. The number of nitrogens with zero attached hydrogens (tertiary/aromatic N) is 2. The lowest BCUT2D eigenvalue weighted by Crippen LogP contribution is -1.88. The van der Waals surface area contributed by atoms with Crippen LogP contribution >= 0.6 is 0 Å². The molecule has 2 rings (SSSR count). The maximum atomic E-state index is 4.58. The molecule has 0 saturated heterocycles. The molecule has 0 unspecified atom stereocenters. The van der Waals surface area contributed by atoms with Crippen molar-refractivity contribution in [2.75, 3.05) is 0 Å². The minimum Gasteiger partial charge on any atom is -0.259 e. The predicted molar refractivity (Wildman–Crippen MR) is 74.1 cm³/mol. The summed E-state index contributed by atoms with van der Waals surface area (Å²) < 4.78 is 0. The Morgan fingerprint density at radius 3 is 2.82 bits per heavy atom. The Labute approximate surface area is 101 Å². The Kier molecular flexibility index (Phi) is 3.46. The summed E-state index contributed by atoms with van der Waals surface area (Å²) in [6.45, 7) is 5.58. The van der Waals surface area contributed by atoms with E-state index in [0.717, 1.165) is 22.3 Å². The van der Waals surface area contributed by atoms with E-state index >= 15 is 0 Å². The number of allylic oxidation sites excluding steroid dienone is 2. The molecule has 0 amide bonds. The highest BCUT2D eigenvalue weighted by atomic mass is 14.8. The van der Waals surface area contributed by atoms with E-state index in [4.69, 9.17) is 0 Å². The van der Waals surface area contributed by atoms with E-state index in [-0.39, 0.29) is 0 Å². The summed E-state index contributed by atoms with van der Waals surface area (Å²) in [4.78, 5) is 8.88. The Hall–Kier alpha value is -2.22. The Balaban J connectivity index is 2.54. The lowest BCUT2D eigenvalue weighted by molar-refractivity contribution is 1.32. The molecule has 1 aromatic heterocycles. The number of hydrogen-bond acceptors (Lipinski definition) is 2. The lowest BCUT2D eigenvalue weighted by Gasteiger charge is -2.02. The topological polar surface area (TPSA) is 25.2 Å². The van der Waals surface area contributed by atoms with Crippen LogP contribution < -0.4 is 0 Å². The van der Waals surface area contributed by atoms with Gasteiger partial charge in [-0.05, 0) is 25.1 Å². The quantitative estimate of drug-likeness (QED) is 0.572. The molecule has 0 aliphatic carbocycles. The number of fused-ring (bicyclic) bond motifs is 1. The first-order chi connectivity index (χ1) is 8.35. The molecule has 0 atom stereocenters. The van der Waals surface area contributed by atoms with Gasteiger partial charge in [-0.2, -0.15) is 0 Å². The highest BCUT2D eigenvalue weighted by Gasteiger charge is 2.01. The van der Waals surface area contributed by atoms with Crippen LogP contribution in [0.3, 0.4) is 0 Å². The van der Waals surface area contributed by atoms with Crippen LogP contribution in [-0.2, 0) is 0 Å². The van der Waals surface area contributed by atoms with Crippen LogP contribution in [0.25, 0.3) is 16.6 Å². The summed E-state index contributed by atoms with van der Waals surface area (Å²) >= 11 is 0. The summed E-state index contributed by atoms with van der Waals surface area (Å²) in [5.41, 5.74) is 2.67. The number of para-hydroxylation sites is 1. The van der Waals surface area contributed by atoms with Gasteiger partial charge < -0.3 is 0 Å². The van der Waals surface area contributed by atoms with Gasteiger partial charge in [0.2, 0.25) is 0 Å². The van der Waals surface area contributed by atoms with E-state index in [9.17, 15) is 0 Å². The lowest BCUT2D eigenvalue weighted by atomic mass is 10.2. The first-order valence-electron chi connectivity index (χ1n) is 5.52. The molecular weight excluding hydrogens is 208 g/mol. The molecule has 17 heavy (non-hydrogen) atoms. The fourth-order valence-electron chi connectivity index (χ4n) is 1.65. The summed E-state index contributed by atoms with van der Waals surface area (Å²) in [5, 5.41) is 1.13. The van der Waals surface area contributed by atoms with Crippen molar-refractivity contribution in [3.8, 4) is 0 Å². The van der Waals surface area contributed by atoms with Crippen LogP contribution in [0, 0.1) is 0 Å². The third kappa shape index (κ3) is 2.48. The molecule has 0 saturated carbocycles. The van der Waals surface area contributed by atoms with Gasteiger partial charge in [-0.15, -0.1) is 0 Å². The number of aromatic nitrogens is 1. The summed E-state index contributed by atoms with van der Waals surface area (Å²) in [5.74, 6) is 0. The van der Waals surface area contributed by atoms with Gasteiger partial charge in [0.1, 0.15) is 0 Å². The SMILES string of the molecule is C=C/C=C(\N=CC)c1ccc2ccccc2n1. The third-order valence-electron chi connectivity index (χ3n) is 2.40.